The standard InChI is InChI=1S/C17H11N4/c1-11-5-4-6-12-9-20-10-13-7-14(18-2)15(19-3)8-16(13)21(20)17(11)12/h4-8,10H,9H2,1H3/q+1. The fourth-order valence-electron chi connectivity index (χ4n) is 3.09. The predicted molar refractivity (Wildman–Crippen MR) is 79.8 cm³/mol. The smallest absolute Gasteiger partial charge is 0.202 e. The third-order valence-corrected chi connectivity index (χ3v) is 4.00. The molecular formula is C17H11N4+. The van der Waals surface area contributed by atoms with E-state index in [1.807, 2.05) is 12.1 Å². The minimum absolute atomic E-state index is 0.418. The van der Waals surface area contributed by atoms with Crippen LogP contribution in [0.5, 0.6) is 0 Å². The molecule has 0 aliphatic carbocycles. The van der Waals surface area contributed by atoms with Gasteiger partial charge in [0.25, 0.3) is 0 Å². The van der Waals surface area contributed by atoms with Crippen molar-refractivity contribution in [2.75, 3.05) is 0 Å². The number of benzene rings is 2. The van der Waals surface area contributed by atoms with Gasteiger partial charge in [0.05, 0.1) is 18.5 Å². The van der Waals surface area contributed by atoms with Crippen LogP contribution in [0.25, 0.3) is 26.3 Å². The summed E-state index contributed by atoms with van der Waals surface area (Å²) in [6.45, 7) is 17.4. The van der Waals surface area contributed by atoms with Crippen molar-refractivity contribution >= 4 is 22.3 Å². The van der Waals surface area contributed by atoms with Crippen molar-refractivity contribution in [3.05, 3.63) is 70.5 Å². The summed E-state index contributed by atoms with van der Waals surface area (Å²) in [4.78, 5) is 6.94. The Bertz CT molecular complexity index is 996. The van der Waals surface area contributed by atoms with Crippen LogP contribution in [0.4, 0.5) is 11.4 Å². The summed E-state index contributed by atoms with van der Waals surface area (Å²) in [5.74, 6) is 0. The Balaban J connectivity index is 2.12. The summed E-state index contributed by atoms with van der Waals surface area (Å²) >= 11 is 0. The normalized spacial score (nSPS) is 11.8. The number of para-hydroxylation sites is 1. The van der Waals surface area contributed by atoms with Crippen molar-refractivity contribution in [1.82, 2.24) is 4.68 Å². The Morgan fingerprint density at radius 3 is 2.67 bits per heavy atom. The number of fused-ring (bicyclic) bond motifs is 5. The first kappa shape index (κ1) is 11.7. The highest BCUT2D eigenvalue weighted by Gasteiger charge is 2.29. The molecule has 0 radical (unpaired) electrons. The number of nitrogens with zero attached hydrogens (tertiary/aromatic N) is 4. The van der Waals surface area contributed by atoms with Gasteiger partial charge in [-0.1, -0.05) is 24.3 Å². The summed E-state index contributed by atoms with van der Waals surface area (Å²) < 4.78 is 4.30. The lowest BCUT2D eigenvalue weighted by molar-refractivity contribution is -0.749. The zero-order chi connectivity index (χ0) is 14.6. The SMILES string of the molecule is [C-]#[N+]c1cc2c[n+]3n(c2cc1[N+]#[C-])-c1c(C)cccc1C3. The second kappa shape index (κ2) is 3.94. The molecule has 2 aromatic carbocycles. The van der Waals surface area contributed by atoms with Gasteiger partial charge >= 0.3 is 0 Å². The molecule has 0 unspecified atom stereocenters. The van der Waals surface area contributed by atoms with E-state index in [0.717, 1.165) is 17.4 Å². The first-order valence-corrected chi connectivity index (χ1v) is 6.66. The molecule has 3 aromatic rings. The average molecular weight is 271 g/mol. The van der Waals surface area contributed by atoms with Gasteiger partial charge in [-0.25, -0.2) is 0 Å². The number of aryl methyl sites for hydroxylation is 1. The van der Waals surface area contributed by atoms with Gasteiger partial charge in [-0.2, -0.15) is 0 Å². The fourth-order valence-corrected chi connectivity index (χ4v) is 3.09. The van der Waals surface area contributed by atoms with Gasteiger partial charge in [0.15, 0.2) is 17.9 Å². The first-order valence-electron chi connectivity index (χ1n) is 6.66. The Morgan fingerprint density at radius 1 is 1.14 bits per heavy atom. The summed E-state index contributed by atoms with van der Waals surface area (Å²) in [7, 11) is 0. The molecular weight excluding hydrogens is 260 g/mol. The fraction of sp³-hybridized carbons (Fsp3) is 0.118. The van der Waals surface area contributed by atoms with Gasteiger partial charge in [0, 0.05) is 5.56 Å². The van der Waals surface area contributed by atoms with Crippen LogP contribution >= 0.6 is 0 Å². The first-order chi connectivity index (χ1) is 10.2. The zero-order valence-electron chi connectivity index (χ0n) is 11.5. The van der Waals surface area contributed by atoms with E-state index in [-0.39, 0.29) is 0 Å². The molecule has 4 rings (SSSR count). The van der Waals surface area contributed by atoms with Crippen LogP contribution in [0.1, 0.15) is 11.1 Å². The van der Waals surface area contributed by atoms with E-state index < -0.39 is 0 Å². The van der Waals surface area contributed by atoms with Crippen molar-refractivity contribution in [1.29, 1.82) is 0 Å². The summed E-state index contributed by atoms with van der Waals surface area (Å²) in [6.07, 6.45) is 2.05. The molecule has 1 aliphatic heterocycles. The highest BCUT2D eigenvalue weighted by atomic mass is 15.4. The Kier molecular flexibility index (Phi) is 2.20. The van der Waals surface area contributed by atoms with Gasteiger partial charge in [-0.05, 0) is 18.6 Å². The van der Waals surface area contributed by atoms with Crippen molar-refractivity contribution < 1.29 is 4.68 Å². The molecule has 1 aromatic heterocycles. The second-order valence-corrected chi connectivity index (χ2v) is 5.24. The van der Waals surface area contributed by atoms with E-state index in [2.05, 4.69) is 50.4 Å². The van der Waals surface area contributed by atoms with Crippen molar-refractivity contribution in [2.45, 2.75) is 13.5 Å². The summed E-state index contributed by atoms with van der Waals surface area (Å²) in [6, 6.07) is 9.95. The minimum Gasteiger partial charge on any atom is -0.250 e. The van der Waals surface area contributed by atoms with E-state index >= 15 is 0 Å². The van der Waals surface area contributed by atoms with E-state index in [1.54, 1.807) is 0 Å². The minimum atomic E-state index is 0.418. The largest absolute Gasteiger partial charge is 0.250 e. The number of hydrogen-bond acceptors (Lipinski definition) is 0. The molecule has 0 spiro atoms. The lowest BCUT2D eigenvalue weighted by Gasteiger charge is -2.03. The third kappa shape index (κ3) is 1.45. The maximum absolute atomic E-state index is 7.27. The molecule has 0 saturated heterocycles. The van der Waals surface area contributed by atoms with Crippen molar-refractivity contribution in [2.24, 2.45) is 0 Å². The summed E-state index contributed by atoms with van der Waals surface area (Å²) in [5, 5.41) is 1.00. The van der Waals surface area contributed by atoms with E-state index in [0.29, 0.717) is 11.4 Å². The predicted octanol–water partition coefficient (Wildman–Crippen LogP) is 3.69. The van der Waals surface area contributed by atoms with E-state index in [4.69, 9.17) is 13.1 Å². The molecule has 0 atom stereocenters. The van der Waals surface area contributed by atoms with Crippen LogP contribution < -0.4 is 4.68 Å². The van der Waals surface area contributed by atoms with Crippen LogP contribution in [0, 0.1) is 20.1 Å². The van der Waals surface area contributed by atoms with Gasteiger partial charge in [0.1, 0.15) is 11.2 Å². The molecule has 0 amide bonds. The second-order valence-electron chi connectivity index (χ2n) is 5.24. The lowest BCUT2D eigenvalue weighted by Crippen LogP contribution is -2.36. The number of aromatic nitrogens is 2. The average Bonchev–Trinajstić information content (AvgIpc) is 3.01. The molecule has 4 nitrogen and oxygen atoms in total. The molecule has 0 fully saturated rings. The molecule has 0 saturated carbocycles. The Labute approximate surface area is 122 Å². The van der Waals surface area contributed by atoms with Crippen LogP contribution in [0.15, 0.2) is 36.5 Å². The molecule has 1 aliphatic rings. The zero-order valence-corrected chi connectivity index (χ0v) is 11.5. The van der Waals surface area contributed by atoms with Crippen molar-refractivity contribution in [3.63, 3.8) is 0 Å². The van der Waals surface area contributed by atoms with E-state index in [1.165, 1.54) is 16.8 Å². The topological polar surface area (TPSA) is 17.5 Å². The maximum atomic E-state index is 7.27. The molecule has 4 heteroatoms. The molecule has 98 valence electrons. The third-order valence-electron chi connectivity index (χ3n) is 4.00. The van der Waals surface area contributed by atoms with Gasteiger partial charge < -0.3 is 0 Å². The number of rotatable bonds is 0. The molecule has 21 heavy (non-hydrogen) atoms. The maximum Gasteiger partial charge on any atom is 0.202 e. The highest BCUT2D eigenvalue weighted by molar-refractivity contribution is 5.91. The summed E-state index contributed by atoms with van der Waals surface area (Å²) in [5.41, 5.74) is 5.53. The van der Waals surface area contributed by atoms with Gasteiger partial charge in [-0.3, -0.25) is 9.69 Å². The molecule has 0 bridgehead atoms. The molecule has 2 heterocycles. The Morgan fingerprint density at radius 2 is 1.90 bits per heavy atom. The van der Waals surface area contributed by atoms with Crippen LogP contribution in [0.2, 0.25) is 0 Å². The van der Waals surface area contributed by atoms with Crippen LogP contribution in [-0.4, -0.2) is 4.68 Å². The van der Waals surface area contributed by atoms with Crippen LogP contribution in [0.3, 0.4) is 0 Å². The van der Waals surface area contributed by atoms with Crippen molar-refractivity contribution in [3.8, 4) is 5.69 Å². The monoisotopic (exact) mass is 271 g/mol. The van der Waals surface area contributed by atoms with Crippen LogP contribution in [-0.2, 0) is 6.54 Å². The van der Waals surface area contributed by atoms with Gasteiger partial charge in [0.2, 0.25) is 6.20 Å². The molecule has 0 N–H and O–H groups in total. The Hall–Kier alpha value is -3.11. The lowest BCUT2D eigenvalue weighted by atomic mass is 10.1. The number of hydrogen-bond donors (Lipinski definition) is 0. The highest BCUT2D eigenvalue weighted by Crippen LogP contribution is 2.35. The van der Waals surface area contributed by atoms with Gasteiger partial charge in [-0.15, -0.1) is 9.36 Å². The van der Waals surface area contributed by atoms with E-state index in [9.17, 15) is 0 Å². The quantitative estimate of drug-likeness (QED) is 0.343.